The van der Waals surface area contributed by atoms with Gasteiger partial charge in [-0.1, -0.05) is 35.3 Å². The van der Waals surface area contributed by atoms with E-state index in [4.69, 9.17) is 27.9 Å². The van der Waals surface area contributed by atoms with Gasteiger partial charge in [-0.15, -0.1) is 0 Å². The maximum Gasteiger partial charge on any atom is 0.319 e. The minimum absolute atomic E-state index is 0.361. The minimum Gasteiger partial charge on any atom is -0.457 e. The van der Waals surface area contributed by atoms with Gasteiger partial charge in [-0.05, 0) is 48.0 Å². The summed E-state index contributed by atoms with van der Waals surface area (Å²) in [5.74, 6) is 1.42. The maximum absolute atomic E-state index is 12.0. The molecule has 0 aliphatic rings. The average Bonchev–Trinajstić information content (AvgIpc) is 2.65. The number of urea groups is 1. The number of hydrogen-bond donors (Lipinski definition) is 2. The Morgan fingerprint density at radius 1 is 0.962 bits per heavy atom. The molecule has 0 bridgehead atoms. The van der Waals surface area contributed by atoms with Crippen LogP contribution in [0.2, 0.25) is 10.0 Å². The highest BCUT2D eigenvalue weighted by Gasteiger charge is 2.06. The van der Waals surface area contributed by atoms with E-state index < -0.39 is 0 Å². The fourth-order valence-electron chi connectivity index (χ4n) is 2.16. The van der Waals surface area contributed by atoms with E-state index in [0.717, 1.165) is 5.56 Å². The Morgan fingerprint density at radius 2 is 1.65 bits per heavy atom. The Bertz CT molecular complexity index is 887. The summed E-state index contributed by atoms with van der Waals surface area (Å²) in [5, 5.41) is 6.34. The van der Waals surface area contributed by atoms with Crippen LogP contribution in [0.5, 0.6) is 11.5 Å². The zero-order valence-electron chi connectivity index (χ0n) is 13.6. The fraction of sp³-hybridized carbons (Fsp3) is 0.0526. The number of hydrogen-bond acceptors (Lipinski definition) is 3. The standard InChI is InChI=1S/C19H15Cl2N3O2/c20-14-3-6-17(21)18(11-14)24-19(25)23-12-13-1-4-15(5-2-13)26-16-7-9-22-10-8-16/h1-11H,12H2,(H2,23,24,25). The van der Waals surface area contributed by atoms with Crippen molar-refractivity contribution < 1.29 is 9.53 Å². The van der Waals surface area contributed by atoms with Gasteiger partial charge in [0, 0.05) is 24.0 Å². The van der Waals surface area contributed by atoms with Crippen molar-refractivity contribution in [2.75, 3.05) is 5.32 Å². The quantitative estimate of drug-likeness (QED) is 0.607. The zero-order chi connectivity index (χ0) is 18.4. The first-order valence-corrected chi connectivity index (χ1v) is 8.52. The predicted octanol–water partition coefficient (Wildman–Crippen LogP) is 5.50. The number of nitrogens with zero attached hydrogens (tertiary/aromatic N) is 1. The molecule has 7 heteroatoms. The number of nitrogens with one attached hydrogen (secondary N) is 2. The molecular formula is C19H15Cl2N3O2. The third-order valence-electron chi connectivity index (χ3n) is 3.44. The molecule has 3 aromatic rings. The molecule has 0 saturated carbocycles. The number of halogens is 2. The number of rotatable bonds is 5. The zero-order valence-corrected chi connectivity index (χ0v) is 15.1. The van der Waals surface area contributed by atoms with Gasteiger partial charge in [-0.25, -0.2) is 4.79 Å². The van der Waals surface area contributed by atoms with Gasteiger partial charge in [-0.2, -0.15) is 0 Å². The van der Waals surface area contributed by atoms with E-state index in [2.05, 4.69) is 15.6 Å². The lowest BCUT2D eigenvalue weighted by Gasteiger charge is -2.10. The lowest BCUT2D eigenvalue weighted by molar-refractivity contribution is 0.251. The van der Waals surface area contributed by atoms with Gasteiger partial charge in [0.05, 0.1) is 10.7 Å². The maximum atomic E-state index is 12.0. The summed E-state index contributed by atoms with van der Waals surface area (Å²) in [6.07, 6.45) is 3.33. The molecule has 0 saturated heterocycles. The highest BCUT2D eigenvalue weighted by atomic mass is 35.5. The van der Waals surface area contributed by atoms with Crippen LogP contribution < -0.4 is 15.4 Å². The summed E-state index contributed by atoms with van der Waals surface area (Å²) in [6.45, 7) is 0.361. The molecule has 0 atom stereocenters. The molecule has 1 aromatic heterocycles. The van der Waals surface area contributed by atoms with Crippen LogP contribution in [0.1, 0.15) is 5.56 Å². The molecule has 1 heterocycles. The van der Waals surface area contributed by atoms with Gasteiger partial charge in [0.2, 0.25) is 0 Å². The van der Waals surface area contributed by atoms with Crippen molar-refractivity contribution in [3.8, 4) is 11.5 Å². The van der Waals surface area contributed by atoms with Crippen LogP contribution in [0.3, 0.4) is 0 Å². The lowest BCUT2D eigenvalue weighted by atomic mass is 10.2. The molecule has 0 aliphatic heterocycles. The Kier molecular flexibility index (Phi) is 5.94. The summed E-state index contributed by atoms with van der Waals surface area (Å²) in [6, 6.07) is 15.5. The molecule has 3 rings (SSSR count). The molecule has 0 radical (unpaired) electrons. The number of benzene rings is 2. The summed E-state index contributed by atoms with van der Waals surface area (Å²) in [4.78, 5) is 15.9. The number of aromatic nitrogens is 1. The smallest absolute Gasteiger partial charge is 0.319 e. The van der Waals surface area contributed by atoms with Crippen LogP contribution in [0, 0.1) is 0 Å². The van der Waals surface area contributed by atoms with Crippen molar-refractivity contribution in [2.45, 2.75) is 6.54 Å². The highest BCUT2D eigenvalue weighted by molar-refractivity contribution is 6.35. The fourth-order valence-corrected chi connectivity index (χ4v) is 2.50. The van der Waals surface area contributed by atoms with Gasteiger partial charge in [0.15, 0.2) is 0 Å². The summed E-state index contributed by atoms with van der Waals surface area (Å²) < 4.78 is 5.70. The Balaban J connectivity index is 1.53. The number of carbonyl (C=O) groups is 1. The second-order valence-corrected chi connectivity index (χ2v) is 6.20. The van der Waals surface area contributed by atoms with Gasteiger partial charge in [0.1, 0.15) is 11.5 Å². The van der Waals surface area contributed by atoms with Crippen molar-refractivity contribution in [1.29, 1.82) is 0 Å². The molecule has 0 unspecified atom stereocenters. The summed E-state index contributed by atoms with van der Waals surface area (Å²) in [7, 11) is 0. The highest BCUT2D eigenvalue weighted by Crippen LogP contribution is 2.25. The van der Waals surface area contributed by atoms with Gasteiger partial charge < -0.3 is 15.4 Å². The van der Waals surface area contributed by atoms with Crippen LogP contribution in [0.4, 0.5) is 10.5 Å². The molecule has 5 nitrogen and oxygen atoms in total. The molecule has 2 amide bonds. The molecule has 0 spiro atoms. The largest absolute Gasteiger partial charge is 0.457 e. The molecule has 26 heavy (non-hydrogen) atoms. The lowest BCUT2D eigenvalue weighted by Crippen LogP contribution is -2.28. The van der Waals surface area contributed by atoms with Crippen LogP contribution in [0.15, 0.2) is 67.0 Å². The number of ether oxygens (including phenoxy) is 1. The van der Waals surface area contributed by atoms with Crippen LogP contribution in [0.25, 0.3) is 0 Å². The number of anilines is 1. The second kappa shape index (κ2) is 8.56. The van der Waals surface area contributed by atoms with E-state index in [1.165, 1.54) is 0 Å². The predicted molar refractivity (Wildman–Crippen MR) is 103 cm³/mol. The van der Waals surface area contributed by atoms with Crippen molar-refractivity contribution >= 4 is 34.9 Å². The minimum atomic E-state index is -0.369. The second-order valence-electron chi connectivity index (χ2n) is 5.36. The first-order chi connectivity index (χ1) is 12.6. The molecule has 132 valence electrons. The van der Waals surface area contributed by atoms with E-state index in [1.54, 1.807) is 42.7 Å². The Morgan fingerprint density at radius 3 is 2.38 bits per heavy atom. The van der Waals surface area contributed by atoms with Crippen molar-refractivity contribution in [1.82, 2.24) is 10.3 Å². The van der Waals surface area contributed by atoms with Crippen LogP contribution in [-0.2, 0) is 6.54 Å². The van der Waals surface area contributed by atoms with Crippen molar-refractivity contribution in [3.63, 3.8) is 0 Å². The van der Waals surface area contributed by atoms with E-state index >= 15 is 0 Å². The molecule has 0 aliphatic carbocycles. The van der Waals surface area contributed by atoms with Crippen molar-refractivity contribution in [2.24, 2.45) is 0 Å². The first kappa shape index (κ1) is 18.0. The number of carbonyl (C=O) groups excluding carboxylic acids is 1. The average molecular weight is 388 g/mol. The molecular weight excluding hydrogens is 373 g/mol. The molecule has 2 N–H and O–H groups in total. The van der Waals surface area contributed by atoms with E-state index in [9.17, 15) is 4.79 Å². The van der Waals surface area contributed by atoms with Crippen molar-refractivity contribution in [3.05, 3.63) is 82.6 Å². The third kappa shape index (κ3) is 5.12. The molecule has 2 aromatic carbocycles. The number of amides is 2. The van der Waals surface area contributed by atoms with Crippen LogP contribution >= 0.6 is 23.2 Å². The first-order valence-electron chi connectivity index (χ1n) is 7.77. The van der Waals surface area contributed by atoms with E-state index in [0.29, 0.717) is 33.8 Å². The summed E-state index contributed by atoms with van der Waals surface area (Å²) >= 11 is 11.9. The van der Waals surface area contributed by atoms with Gasteiger partial charge in [0.25, 0.3) is 0 Å². The number of pyridine rings is 1. The van der Waals surface area contributed by atoms with Gasteiger partial charge in [-0.3, -0.25) is 4.98 Å². The monoisotopic (exact) mass is 387 g/mol. The van der Waals surface area contributed by atoms with E-state index in [-0.39, 0.29) is 6.03 Å². The van der Waals surface area contributed by atoms with Crippen LogP contribution in [-0.4, -0.2) is 11.0 Å². The van der Waals surface area contributed by atoms with E-state index in [1.807, 2.05) is 24.3 Å². The molecule has 0 fully saturated rings. The SMILES string of the molecule is O=C(NCc1ccc(Oc2ccncc2)cc1)Nc1cc(Cl)ccc1Cl. The Labute approximate surface area is 160 Å². The normalized spacial score (nSPS) is 10.2. The summed E-state index contributed by atoms with van der Waals surface area (Å²) in [5.41, 5.74) is 1.39. The topological polar surface area (TPSA) is 63.2 Å². The third-order valence-corrected chi connectivity index (χ3v) is 4.00. The van der Waals surface area contributed by atoms with Gasteiger partial charge >= 0.3 is 6.03 Å². The Hall–Kier alpha value is -2.76.